The molecule has 0 saturated carbocycles. The summed E-state index contributed by atoms with van der Waals surface area (Å²) in [5.74, 6) is 0. The highest BCUT2D eigenvalue weighted by molar-refractivity contribution is 6.35. The third-order valence-electron chi connectivity index (χ3n) is 14.7. The average molecular weight is 841 g/mol. The Bertz CT molecular complexity index is 3900. The summed E-state index contributed by atoms with van der Waals surface area (Å²) in [6.45, 7) is 24.5. The third kappa shape index (κ3) is 5.59. The predicted octanol–water partition coefficient (Wildman–Crippen LogP) is 18.4. The molecule has 0 bridgehead atoms. The molecule has 10 aromatic rings. The zero-order chi connectivity index (χ0) is 44.9. The maximum absolute atomic E-state index is 7.53. The van der Waals surface area contributed by atoms with E-state index >= 15 is 0 Å². The van der Waals surface area contributed by atoms with Crippen molar-refractivity contribution in [1.29, 1.82) is 0 Å². The molecule has 65 heavy (non-hydrogen) atoms. The van der Waals surface area contributed by atoms with E-state index in [4.69, 9.17) is 8.83 Å². The van der Waals surface area contributed by atoms with Gasteiger partial charge in [0.15, 0.2) is 0 Å². The maximum Gasteiger partial charge on any atom is 0.144 e. The van der Waals surface area contributed by atoms with Gasteiger partial charge in [0.05, 0.1) is 0 Å². The quantitative estimate of drug-likeness (QED) is 0.130. The molecule has 2 aliphatic rings. The van der Waals surface area contributed by atoms with Crippen LogP contribution in [-0.4, -0.2) is 0 Å². The van der Waals surface area contributed by atoms with Gasteiger partial charge in [0.25, 0.3) is 0 Å². The van der Waals surface area contributed by atoms with Crippen molar-refractivity contribution in [3.63, 3.8) is 0 Å². The summed E-state index contributed by atoms with van der Waals surface area (Å²) < 4.78 is 15.0. The molecule has 10 aromatic carbocycles. The number of hydrogen-bond donors (Lipinski definition) is 0. The summed E-state index contributed by atoms with van der Waals surface area (Å²) in [6.07, 6.45) is 0. The first-order valence-electron chi connectivity index (χ1n) is 23.1. The standard InChI is InChI=1S/C63H52O2/c1-31-23-36(6)52(37(7)24-31)42-15-17-44-48(29-42)46-19-22-51-60-58(46)62(56(44)54-34(4)13-12-14-35(54)5)64-50-21-20-47-49-30-43(53-38(8)25-32(2)26-39(53)9)16-18-45(49)57(63(65-51)59(47)61(50)60)55-40(10)27-33(3)28-41(55)11/h12-30H,1-11H3. The lowest BCUT2D eigenvalue weighted by Gasteiger charge is -2.26. The lowest BCUT2D eigenvalue weighted by Crippen LogP contribution is -2.00. The van der Waals surface area contributed by atoms with E-state index in [1.54, 1.807) is 0 Å². The van der Waals surface area contributed by atoms with Gasteiger partial charge in [0, 0.05) is 33.0 Å². The van der Waals surface area contributed by atoms with Crippen LogP contribution in [0.3, 0.4) is 0 Å². The summed E-state index contributed by atoms with van der Waals surface area (Å²) >= 11 is 0. The molecule has 0 aliphatic carbocycles. The second kappa shape index (κ2) is 13.9. The Labute approximate surface area is 380 Å². The Morgan fingerprint density at radius 2 is 0.600 bits per heavy atom. The van der Waals surface area contributed by atoms with Gasteiger partial charge in [-0.05, 0) is 223 Å². The van der Waals surface area contributed by atoms with Gasteiger partial charge in [0.2, 0.25) is 0 Å². The summed E-state index contributed by atoms with van der Waals surface area (Å²) in [7, 11) is 0. The second-order valence-corrected chi connectivity index (χ2v) is 19.4. The smallest absolute Gasteiger partial charge is 0.144 e. The molecule has 2 heterocycles. The van der Waals surface area contributed by atoms with Crippen molar-refractivity contribution in [2.75, 3.05) is 0 Å². The highest BCUT2D eigenvalue weighted by Gasteiger charge is 2.31. The molecule has 2 heteroatoms. The van der Waals surface area contributed by atoms with Crippen LogP contribution >= 0.6 is 0 Å². The summed E-state index contributed by atoms with van der Waals surface area (Å²) in [5.41, 5.74) is 29.4. The van der Waals surface area contributed by atoms with Gasteiger partial charge in [-0.3, -0.25) is 0 Å². The molecule has 0 unspecified atom stereocenters. The normalized spacial score (nSPS) is 12.2. The van der Waals surface area contributed by atoms with Crippen LogP contribution in [0.1, 0.15) is 61.2 Å². The monoisotopic (exact) mass is 840 g/mol. The number of fused-ring (bicyclic) bond motifs is 4. The molecule has 2 nitrogen and oxygen atoms in total. The molecule has 0 aromatic heterocycles. The maximum atomic E-state index is 7.53. The van der Waals surface area contributed by atoms with Crippen LogP contribution in [0.25, 0.3) is 121 Å². The lowest BCUT2D eigenvalue weighted by atomic mass is 9.81. The highest BCUT2D eigenvalue weighted by Crippen LogP contribution is 2.56. The fraction of sp³-hybridized carbons (Fsp3) is 0.175. The molecule has 316 valence electrons. The predicted molar refractivity (Wildman–Crippen MR) is 278 cm³/mol. The minimum absolute atomic E-state index is 0.863. The average Bonchev–Trinajstić information content (AvgIpc) is 3.24. The van der Waals surface area contributed by atoms with Crippen LogP contribution in [0.5, 0.6) is 0 Å². The molecule has 12 rings (SSSR count). The van der Waals surface area contributed by atoms with E-state index in [9.17, 15) is 0 Å². The molecule has 2 aliphatic heterocycles. The van der Waals surface area contributed by atoms with Gasteiger partial charge in [-0.15, -0.1) is 0 Å². The third-order valence-corrected chi connectivity index (χ3v) is 14.7. The first-order valence-corrected chi connectivity index (χ1v) is 23.1. The van der Waals surface area contributed by atoms with E-state index in [1.807, 2.05) is 0 Å². The van der Waals surface area contributed by atoms with Gasteiger partial charge >= 0.3 is 0 Å². The van der Waals surface area contributed by atoms with Gasteiger partial charge in [0.1, 0.15) is 22.3 Å². The molecule has 0 fully saturated rings. The summed E-state index contributed by atoms with van der Waals surface area (Å²) in [5, 5.41) is 9.35. The number of hydrogen-bond acceptors (Lipinski definition) is 2. The Morgan fingerprint density at radius 1 is 0.262 bits per heavy atom. The largest absolute Gasteiger partial charge is 0.455 e. The Balaban J connectivity index is 1.29. The minimum Gasteiger partial charge on any atom is -0.455 e. The van der Waals surface area contributed by atoms with E-state index < -0.39 is 0 Å². The zero-order valence-electron chi connectivity index (χ0n) is 39.3. The fourth-order valence-electron chi connectivity index (χ4n) is 12.5. The molecule has 0 spiro atoms. The van der Waals surface area contributed by atoms with Crippen molar-refractivity contribution in [2.24, 2.45) is 0 Å². The van der Waals surface area contributed by atoms with Crippen LogP contribution in [0.15, 0.2) is 124 Å². The summed E-state index contributed by atoms with van der Waals surface area (Å²) in [6, 6.07) is 43.7. The molecular weight excluding hydrogens is 789 g/mol. The second-order valence-electron chi connectivity index (χ2n) is 19.4. The van der Waals surface area contributed by atoms with E-state index in [2.05, 4.69) is 191 Å². The van der Waals surface area contributed by atoms with Crippen molar-refractivity contribution >= 4 is 65.4 Å². The molecule has 0 amide bonds. The van der Waals surface area contributed by atoms with Crippen molar-refractivity contribution in [3.8, 4) is 55.6 Å². The van der Waals surface area contributed by atoms with Crippen LogP contribution in [-0.2, 0) is 0 Å². The van der Waals surface area contributed by atoms with E-state index in [1.165, 1.54) is 127 Å². The number of rotatable bonds is 4. The first-order chi connectivity index (χ1) is 31.3. The van der Waals surface area contributed by atoms with E-state index in [0.717, 1.165) is 55.4 Å². The Morgan fingerprint density at radius 3 is 0.985 bits per heavy atom. The van der Waals surface area contributed by atoms with Crippen LogP contribution in [0.2, 0.25) is 0 Å². The first kappa shape index (κ1) is 39.4. The number of aryl methyl sites for hydroxylation is 11. The van der Waals surface area contributed by atoms with Crippen molar-refractivity contribution in [3.05, 3.63) is 176 Å². The van der Waals surface area contributed by atoms with Gasteiger partial charge < -0.3 is 8.83 Å². The minimum atomic E-state index is 0.863. The van der Waals surface area contributed by atoms with Crippen LogP contribution < -0.4 is 0 Å². The van der Waals surface area contributed by atoms with Gasteiger partial charge in [-0.2, -0.15) is 0 Å². The van der Waals surface area contributed by atoms with Gasteiger partial charge in [-0.25, -0.2) is 0 Å². The lowest BCUT2D eigenvalue weighted by molar-refractivity contribution is 0.648. The van der Waals surface area contributed by atoms with Crippen LogP contribution in [0, 0.1) is 76.2 Å². The Kier molecular flexibility index (Phi) is 8.44. The molecule has 0 saturated heterocycles. The molecule has 0 atom stereocenters. The number of benzene rings is 10. The van der Waals surface area contributed by atoms with Crippen molar-refractivity contribution < 1.29 is 8.83 Å². The van der Waals surface area contributed by atoms with E-state index in [-0.39, 0.29) is 0 Å². The SMILES string of the molecule is Cc1cc(C)c(-c2ccc3c(-c4c(C)cccc4C)c4oc5ccc6c7cc(-c8c(C)cc(C)cc8C)ccc7c(-c7c(C)cc(C)cc7C)c7oc8ccc(c3c2)c4c8-c5c76)c(C)c1. The van der Waals surface area contributed by atoms with Gasteiger partial charge in [-0.1, -0.05) is 95.6 Å². The summed E-state index contributed by atoms with van der Waals surface area (Å²) in [4.78, 5) is 0. The molecule has 0 N–H and O–H groups in total. The fourth-order valence-corrected chi connectivity index (χ4v) is 12.5. The Hall–Kier alpha value is -7.16. The highest BCUT2D eigenvalue weighted by atomic mass is 16.3. The van der Waals surface area contributed by atoms with E-state index in [0.29, 0.717) is 0 Å². The van der Waals surface area contributed by atoms with Crippen molar-refractivity contribution in [2.45, 2.75) is 76.2 Å². The van der Waals surface area contributed by atoms with Crippen molar-refractivity contribution in [1.82, 2.24) is 0 Å². The topological polar surface area (TPSA) is 26.3 Å². The van der Waals surface area contributed by atoms with Crippen LogP contribution in [0.4, 0.5) is 0 Å². The zero-order valence-corrected chi connectivity index (χ0v) is 39.3. The molecular formula is C63H52O2. The molecule has 0 radical (unpaired) electrons.